The number of benzene rings is 2. The van der Waals surface area contributed by atoms with Crippen LogP contribution in [0.5, 0.6) is 5.75 Å². The molecule has 1 aromatic heterocycles. The number of ether oxygens (including phenoxy) is 1. The number of hydrogen-bond acceptors (Lipinski definition) is 3. The highest BCUT2D eigenvalue weighted by Crippen LogP contribution is 2.33. The summed E-state index contributed by atoms with van der Waals surface area (Å²) in [6, 6.07) is 12.8. The van der Waals surface area contributed by atoms with Gasteiger partial charge in [0.2, 0.25) is 0 Å². The molecule has 1 heterocycles. The molecule has 0 radical (unpaired) electrons. The molecule has 0 atom stereocenters. The smallest absolute Gasteiger partial charge is 0.335 e. The first-order chi connectivity index (χ1) is 13.0. The van der Waals surface area contributed by atoms with Gasteiger partial charge in [-0.15, -0.1) is 0 Å². The number of carboxylic acids is 1. The Balaban J connectivity index is 2.12. The molecule has 2 aromatic carbocycles. The Kier molecular flexibility index (Phi) is 5.54. The summed E-state index contributed by atoms with van der Waals surface area (Å²) in [7, 11) is 1.54. The lowest BCUT2D eigenvalue weighted by Gasteiger charge is -2.07. The van der Waals surface area contributed by atoms with Crippen molar-refractivity contribution in [2.75, 3.05) is 7.11 Å². The molecule has 0 aliphatic rings. The number of carboxylic acid groups (broad SMARTS) is 1. The summed E-state index contributed by atoms with van der Waals surface area (Å²) in [4.78, 5) is 11.3. The minimum absolute atomic E-state index is 0.164. The van der Waals surface area contributed by atoms with Gasteiger partial charge in [-0.05, 0) is 55.0 Å². The van der Waals surface area contributed by atoms with Gasteiger partial charge in [0.15, 0.2) is 0 Å². The second kappa shape index (κ2) is 8.03. The van der Waals surface area contributed by atoms with Crippen LogP contribution in [0.15, 0.2) is 48.5 Å². The molecule has 0 unspecified atom stereocenters. The normalized spacial score (nSPS) is 10.8. The molecular formula is C21H21FN2O3. The maximum Gasteiger partial charge on any atom is 0.335 e. The lowest BCUT2D eigenvalue weighted by atomic mass is 10.1. The van der Waals surface area contributed by atoms with Crippen LogP contribution in [0.2, 0.25) is 0 Å². The molecular weight excluding hydrogens is 347 g/mol. The van der Waals surface area contributed by atoms with Crippen molar-refractivity contribution in [2.24, 2.45) is 0 Å². The van der Waals surface area contributed by atoms with Crippen LogP contribution in [0.25, 0.3) is 22.5 Å². The van der Waals surface area contributed by atoms with Crippen molar-refractivity contribution in [3.63, 3.8) is 0 Å². The van der Waals surface area contributed by atoms with E-state index in [9.17, 15) is 14.3 Å². The fourth-order valence-corrected chi connectivity index (χ4v) is 2.92. The lowest BCUT2D eigenvalue weighted by molar-refractivity contribution is 0.0697. The molecule has 0 amide bonds. The maximum atomic E-state index is 13.3. The first kappa shape index (κ1) is 18.6. The molecule has 140 valence electrons. The maximum absolute atomic E-state index is 13.3. The average molecular weight is 368 g/mol. The summed E-state index contributed by atoms with van der Waals surface area (Å²) < 4.78 is 20.6. The average Bonchev–Trinajstić information content (AvgIpc) is 3.10. The van der Waals surface area contributed by atoms with Crippen LogP contribution in [-0.4, -0.2) is 28.0 Å². The number of halogens is 1. The first-order valence-electron chi connectivity index (χ1n) is 8.79. The van der Waals surface area contributed by atoms with E-state index in [0.717, 1.165) is 24.1 Å². The van der Waals surface area contributed by atoms with Crippen molar-refractivity contribution in [1.82, 2.24) is 9.78 Å². The second-order valence-electron chi connectivity index (χ2n) is 6.22. The number of unbranched alkanes of at least 4 members (excludes halogenated alkanes) is 1. The van der Waals surface area contributed by atoms with Gasteiger partial charge in [-0.3, -0.25) is 4.68 Å². The van der Waals surface area contributed by atoms with Crippen molar-refractivity contribution in [3.05, 3.63) is 59.9 Å². The van der Waals surface area contributed by atoms with Gasteiger partial charge in [0.05, 0.1) is 24.1 Å². The largest absolute Gasteiger partial charge is 0.496 e. The Bertz CT molecular complexity index is 949. The summed E-state index contributed by atoms with van der Waals surface area (Å²) in [5.41, 5.74) is 3.08. The van der Waals surface area contributed by atoms with Gasteiger partial charge in [0.25, 0.3) is 0 Å². The molecule has 1 N–H and O–H groups in total. The molecule has 0 saturated heterocycles. The van der Waals surface area contributed by atoms with E-state index in [0.29, 0.717) is 23.6 Å². The van der Waals surface area contributed by atoms with Gasteiger partial charge >= 0.3 is 5.97 Å². The predicted octanol–water partition coefficient (Wildman–Crippen LogP) is 4.86. The van der Waals surface area contributed by atoms with Gasteiger partial charge in [0, 0.05) is 17.7 Å². The minimum Gasteiger partial charge on any atom is -0.496 e. The fraction of sp³-hybridized carbons (Fsp3) is 0.238. The van der Waals surface area contributed by atoms with Crippen molar-refractivity contribution < 1.29 is 19.0 Å². The van der Waals surface area contributed by atoms with E-state index < -0.39 is 5.97 Å². The Morgan fingerprint density at radius 1 is 1.19 bits per heavy atom. The standard InChI is InChI=1S/C21H21FN2O3/c1-3-4-11-24-19(14-5-8-16(22)9-6-14)13-18(23-24)17-12-15(21(25)26)7-10-20(17)27-2/h5-10,12-13H,3-4,11H2,1-2H3,(H,25,26). The Morgan fingerprint density at radius 3 is 2.56 bits per heavy atom. The third-order valence-corrected chi connectivity index (χ3v) is 4.37. The van der Waals surface area contributed by atoms with E-state index in [4.69, 9.17) is 4.74 Å². The third-order valence-electron chi connectivity index (χ3n) is 4.37. The monoisotopic (exact) mass is 368 g/mol. The van der Waals surface area contributed by atoms with Crippen LogP contribution in [-0.2, 0) is 6.54 Å². The molecule has 3 aromatic rings. The Labute approximate surface area is 157 Å². The number of carbonyl (C=O) groups is 1. The molecule has 3 rings (SSSR count). The zero-order valence-corrected chi connectivity index (χ0v) is 15.3. The summed E-state index contributed by atoms with van der Waals surface area (Å²) in [5, 5.41) is 14.0. The Morgan fingerprint density at radius 2 is 1.93 bits per heavy atom. The zero-order valence-electron chi connectivity index (χ0n) is 15.3. The molecule has 0 fully saturated rings. The third kappa shape index (κ3) is 4.00. The predicted molar refractivity (Wildman–Crippen MR) is 101 cm³/mol. The van der Waals surface area contributed by atoms with Crippen LogP contribution >= 0.6 is 0 Å². The highest BCUT2D eigenvalue weighted by Gasteiger charge is 2.17. The van der Waals surface area contributed by atoms with Gasteiger partial charge in [-0.2, -0.15) is 5.10 Å². The fourth-order valence-electron chi connectivity index (χ4n) is 2.92. The molecule has 0 saturated carbocycles. The summed E-state index contributed by atoms with van der Waals surface area (Å²) in [6.07, 6.45) is 1.96. The number of nitrogens with zero attached hydrogens (tertiary/aromatic N) is 2. The number of hydrogen-bond donors (Lipinski definition) is 1. The zero-order chi connectivity index (χ0) is 19.4. The van der Waals surface area contributed by atoms with E-state index in [-0.39, 0.29) is 11.4 Å². The molecule has 0 spiro atoms. The van der Waals surface area contributed by atoms with Gasteiger partial charge in [-0.1, -0.05) is 13.3 Å². The lowest BCUT2D eigenvalue weighted by Crippen LogP contribution is -2.03. The number of methoxy groups -OCH3 is 1. The van der Waals surface area contributed by atoms with Crippen LogP contribution < -0.4 is 4.74 Å². The van der Waals surface area contributed by atoms with Gasteiger partial charge in [-0.25, -0.2) is 9.18 Å². The van der Waals surface area contributed by atoms with E-state index in [1.165, 1.54) is 25.3 Å². The topological polar surface area (TPSA) is 64.4 Å². The van der Waals surface area contributed by atoms with Crippen molar-refractivity contribution >= 4 is 5.97 Å². The molecule has 6 heteroatoms. The van der Waals surface area contributed by atoms with E-state index in [2.05, 4.69) is 12.0 Å². The van der Waals surface area contributed by atoms with E-state index in [1.807, 2.05) is 10.7 Å². The quantitative estimate of drug-likeness (QED) is 0.647. The van der Waals surface area contributed by atoms with Crippen LogP contribution in [0.3, 0.4) is 0 Å². The molecule has 27 heavy (non-hydrogen) atoms. The summed E-state index contributed by atoms with van der Waals surface area (Å²) >= 11 is 0. The second-order valence-corrected chi connectivity index (χ2v) is 6.22. The highest BCUT2D eigenvalue weighted by atomic mass is 19.1. The molecule has 0 bridgehead atoms. The highest BCUT2D eigenvalue weighted by molar-refractivity contribution is 5.90. The van der Waals surface area contributed by atoms with E-state index in [1.54, 1.807) is 24.3 Å². The van der Waals surface area contributed by atoms with Gasteiger partial charge < -0.3 is 9.84 Å². The van der Waals surface area contributed by atoms with Gasteiger partial charge in [0.1, 0.15) is 11.6 Å². The summed E-state index contributed by atoms with van der Waals surface area (Å²) in [5.74, 6) is -0.761. The minimum atomic E-state index is -1.01. The molecule has 0 aliphatic carbocycles. The van der Waals surface area contributed by atoms with Crippen molar-refractivity contribution in [3.8, 4) is 28.3 Å². The van der Waals surface area contributed by atoms with Crippen molar-refractivity contribution in [2.45, 2.75) is 26.3 Å². The summed E-state index contributed by atoms with van der Waals surface area (Å²) in [6.45, 7) is 2.81. The number of aryl methyl sites for hydroxylation is 1. The number of aromatic nitrogens is 2. The Hall–Kier alpha value is -3.15. The first-order valence-corrected chi connectivity index (χ1v) is 8.79. The van der Waals surface area contributed by atoms with Crippen molar-refractivity contribution in [1.29, 1.82) is 0 Å². The van der Waals surface area contributed by atoms with Crippen LogP contribution in [0, 0.1) is 5.82 Å². The molecule has 0 aliphatic heterocycles. The SMILES string of the molecule is CCCCn1nc(-c2cc(C(=O)O)ccc2OC)cc1-c1ccc(F)cc1. The number of rotatable bonds is 7. The van der Waals surface area contributed by atoms with Crippen LogP contribution in [0.4, 0.5) is 4.39 Å². The van der Waals surface area contributed by atoms with E-state index >= 15 is 0 Å². The number of aromatic carboxylic acids is 1. The molecule has 5 nitrogen and oxygen atoms in total. The van der Waals surface area contributed by atoms with Crippen LogP contribution in [0.1, 0.15) is 30.1 Å².